The second-order valence-corrected chi connectivity index (χ2v) is 8.67. The van der Waals surface area contributed by atoms with E-state index in [1.807, 2.05) is 24.3 Å². The zero-order chi connectivity index (χ0) is 20.9. The molecule has 6 heteroatoms. The van der Waals surface area contributed by atoms with E-state index < -0.39 is 0 Å². The highest BCUT2D eigenvalue weighted by atomic mass is 32.2. The monoisotopic (exact) mass is 421 g/mol. The molecule has 0 spiro atoms. The Morgan fingerprint density at radius 3 is 2.48 bits per heavy atom. The van der Waals surface area contributed by atoms with E-state index in [1.54, 1.807) is 18.7 Å². The first kappa shape index (κ1) is 23.7. The van der Waals surface area contributed by atoms with Crippen molar-refractivity contribution in [2.45, 2.75) is 70.1 Å². The van der Waals surface area contributed by atoms with E-state index in [-0.39, 0.29) is 18.5 Å². The molecule has 1 aliphatic heterocycles. The number of aryl methyl sites for hydroxylation is 1. The van der Waals surface area contributed by atoms with Gasteiger partial charge in [-0.2, -0.15) is 0 Å². The number of ether oxygens (including phenoxy) is 1. The summed E-state index contributed by atoms with van der Waals surface area (Å²) in [6.45, 7) is 3.35. The van der Waals surface area contributed by atoms with Crippen LogP contribution < -0.4 is 0 Å². The fourth-order valence-corrected chi connectivity index (χ4v) is 4.85. The minimum atomic E-state index is -0.274. The summed E-state index contributed by atoms with van der Waals surface area (Å²) in [5, 5.41) is 9.10. The number of aliphatic hydroxyl groups excluding tert-OH is 1. The van der Waals surface area contributed by atoms with Crippen LogP contribution in [0.25, 0.3) is 0 Å². The molecule has 162 valence electrons. The van der Waals surface area contributed by atoms with Crippen molar-refractivity contribution in [3.63, 3.8) is 0 Å². The molecule has 1 atom stereocenters. The number of unbranched alkanes of at least 4 members (excludes halogenated alkanes) is 5. The minimum absolute atomic E-state index is 0.274. The maximum absolute atomic E-state index is 12.2. The number of thioether (sulfide) groups is 1. The van der Waals surface area contributed by atoms with Gasteiger partial charge in [0.2, 0.25) is 5.91 Å². The van der Waals surface area contributed by atoms with E-state index in [9.17, 15) is 9.59 Å². The Kier molecular flexibility index (Phi) is 11.2. The Labute approximate surface area is 179 Å². The molecule has 1 heterocycles. The zero-order valence-electron chi connectivity index (χ0n) is 17.6. The SMILES string of the molecule is CCOC(=O)c1ccc(CCCC2SCC(=O)N2CCCCCCCCO)cc1. The van der Waals surface area contributed by atoms with Gasteiger partial charge in [-0.3, -0.25) is 4.79 Å². The Balaban J connectivity index is 1.67. The molecule has 5 nitrogen and oxygen atoms in total. The van der Waals surface area contributed by atoms with Crippen LogP contribution in [0.2, 0.25) is 0 Å². The third kappa shape index (κ3) is 8.39. The van der Waals surface area contributed by atoms with Gasteiger partial charge in [-0.25, -0.2) is 4.79 Å². The van der Waals surface area contributed by atoms with Crippen molar-refractivity contribution < 1.29 is 19.4 Å². The van der Waals surface area contributed by atoms with Crippen LogP contribution >= 0.6 is 11.8 Å². The van der Waals surface area contributed by atoms with Gasteiger partial charge in [-0.1, -0.05) is 37.8 Å². The molecule has 1 aromatic carbocycles. The Morgan fingerprint density at radius 2 is 1.79 bits per heavy atom. The molecule has 0 bridgehead atoms. The second kappa shape index (κ2) is 13.6. The smallest absolute Gasteiger partial charge is 0.338 e. The van der Waals surface area contributed by atoms with E-state index in [2.05, 4.69) is 4.90 Å². The van der Waals surface area contributed by atoms with Crippen molar-refractivity contribution in [2.75, 3.05) is 25.5 Å². The number of aliphatic hydroxyl groups is 1. The molecule has 2 rings (SSSR count). The van der Waals surface area contributed by atoms with E-state index in [1.165, 1.54) is 18.4 Å². The molecule has 1 N–H and O–H groups in total. The summed E-state index contributed by atoms with van der Waals surface area (Å²) >= 11 is 1.77. The van der Waals surface area contributed by atoms with Crippen molar-refractivity contribution in [2.24, 2.45) is 0 Å². The van der Waals surface area contributed by atoms with Crippen molar-refractivity contribution in [3.8, 4) is 0 Å². The first-order valence-electron chi connectivity index (χ1n) is 10.9. The van der Waals surface area contributed by atoms with Crippen LogP contribution in [0.1, 0.15) is 74.2 Å². The van der Waals surface area contributed by atoms with Crippen molar-refractivity contribution in [3.05, 3.63) is 35.4 Å². The van der Waals surface area contributed by atoms with Gasteiger partial charge in [0, 0.05) is 13.2 Å². The van der Waals surface area contributed by atoms with Gasteiger partial charge >= 0.3 is 5.97 Å². The van der Waals surface area contributed by atoms with Gasteiger partial charge in [0.25, 0.3) is 0 Å². The number of nitrogens with zero attached hydrogens (tertiary/aromatic N) is 1. The fourth-order valence-electron chi connectivity index (χ4n) is 3.61. The number of rotatable bonds is 14. The number of benzene rings is 1. The Bertz CT molecular complexity index is 620. The van der Waals surface area contributed by atoms with Gasteiger partial charge < -0.3 is 14.7 Å². The topological polar surface area (TPSA) is 66.8 Å². The molecule has 0 aliphatic carbocycles. The minimum Gasteiger partial charge on any atom is -0.462 e. The largest absolute Gasteiger partial charge is 0.462 e. The third-order valence-electron chi connectivity index (χ3n) is 5.26. The van der Waals surface area contributed by atoms with Crippen molar-refractivity contribution >= 4 is 23.6 Å². The molecule has 1 aliphatic rings. The number of carbonyl (C=O) groups excluding carboxylic acids is 2. The number of esters is 1. The van der Waals surface area contributed by atoms with E-state index in [0.29, 0.717) is 23.3 Å². The summed E-state index contributed by atoms with van der Waals surface area (Å²) in [7, 11) is 0. The van der Waals surface area contributed by atoms with E-state index in [4.69, 9.17) is 9.84 Å². The van der Waals surface area contributed by atoms with Crippen LogP contribution in [0.4, 0.5) is 0 Å². The molecule has 29 heavy (non-hydrogen) atoms. The van der Waals surface area contributed by atoms with Crippen LogP contribution in [0.5, 0.6) is 0 Å². The Morgan fingerprint density at radius 1 is 1.10 bits per heavy atom. The maximum atomic E-state index is 12.2. The van der Waals surface area contributed by atoms with Crippen LogP contribution in [0.3, 0.4) is 0 Å². The lowest BCUT2D eigenvalue weighted by Gasteiger charge is -2.24. The molecule has 0 aromatic heterocycles. The molecular weight excluding hydrogens is 386 g/mol. The fraction of sp³-hybridized carbons (Fsp3) is 0.652. The average Bonchev–Trinajstić information content (AvgIpc) is 3.07. The lowest BCUT2D eigenvalue weighted by atomic mass is 10.1. The van der Waals surface area contributed by atoms with Gasteiger partial charge in [0.1, 0.15) is 0 Å². The predicted molar refractivity (Wildman–Crippen MR) is 118 cm³/mol. The summed E-state index contributed by atoms with van der Waals surface area (Å²) < 4.78 is 5.01. The second-order valence-electron chi connectivity index (χ2n) is 7.51. The highest BCUT2D eigenvalue weighted by Crippen LogP contribution is 2.29. The number of carbonyl (C=O) groups is 2. The maximum Gasteiger partial charge on any atom is 0.338 e. The molecule has 1 unspecified atom stereocenters. The van der Waals surface area contributed by atoms with Gasteiger partial charge in [-0.05, 0) is 56.7 Å². The first-order valence-corrected chi connectivity index (χ1v) is 12.0. The van der Waals surface area contributed by atoms with Crippen LogP contribution in [0, 0.1) is 0 Å². The molecule has 0 saturated carbocycles. The number of amides is 1. The molecular formula is C23H35NO4S. The van der Waals surface area contributed by atoms with Crippen LogP contribution in [-0.4, -0.2) is 52.8 Å². The predicted octanol–water partition coefficient (Wildman–Crippen LogP) is 4.42. The van der Waals surface area contributed by atoms with Crippen LogP contribution in [0.15, 0.2) is 24.3 Å². The van der Waals surface area contributed by atoms with Gasteiger partial charge in [0.15, 0.2) is 0 Å². The summed E-state index contributed by atoms with van der Waals surface area (Å²) in [5.41, 5.74) is 1.80. The third-order valence-corrected chi connectivity index (χ3v) is 6.54. The molecule has 1 amide bonds. The molecule has 1 fully saturated rings. The standard InChI is InChI=1S/C23H35NO4S/c1-2-28-23(27)20-14-12-19(13-15-20)10-9-11-22-24(21(26)18-29-22)16-7-5-3-4-6-8-17-25/h12-15,22,25H,2-11,16-18H2,1H3. The zero-order valence-corrected chi connectivity index (χ0v) is 18.4. The first-order chi connectivity index (χ1) is 14.2. The average molecular weight is 422 g/mol. The summed E-state index contributed by atoms with van der Waals surface area (Å²) in [6.07, 6.45) is 9.55. The summed E-state index contributed by atoms with van der Waals surface area (Å²) in [5.74, 6) is 0.609. The van der Waals surface area contributed by atoms with Gasteiger partial charge in [0.05, 0.1) is 23.3 Å². The molecule has 1 saturated heterocycles. The number of hydrogen-bond acceptors (Lipinski definition) is 5. The van der Waals surface area contributed by atoms with E-state index in [0.717, 1.165) is 51.5 Å². The highest BCUT2D eigenvalue weighted by Gasteiger charge is 2.30. The van der Waals surface area contributed by atoms with Gasteiger partial charge in [-0.15, -0.1) is 11.8 Å². The van der Waals surface area contributed by atoms with E-state index >= 15 is 0 Å². The lowest BCUT2D eigenvalue weighted by Crippen LogP contribution is -2.33. The summed E-state index contributed by atoms with van der Waals surface area (Å²) in [4.78, 5) is 26.0. The highest BCUT2D eigenvalue weighted by molar-refractivity contribution is 8.00. The normalized spacial score (nSPS) is 16.4. The van der Waals surface area contributed by atoms with Crippen molar-refractivity contribution in [1.29, 1.82) is 0 Å². The van der Waals surface area contributed by atoms with Crippen LogP contribution in [-0.2, 0) is 16.0 Å². The molecule has 0 radical (unpaired) electrons. The lowest BCUT2D eigenvalue weighted by molar-refractivity contribution is -0.128. The quantitative estimate of drug-likeness (QED) is 0.356. The van der Waals surface area contributed by atoms with Crippen molar-refractivity contribution in [1.82, 2.24) is 4.90 Å². The number of hydrogen-bond donors (Lipinski definition) is 1. The molecule has 1 aromatic rings. The Hall–Kier alpha value is -1.53. The summed E-state index contributed by atoms with van der Waals surface area (Å²) in [6, 6.07) is 7.64.